The zero-order chi connectivity index (χ0) is 49.5. The molecule has 0 heterocycles. The number of hydrogen-bond donors (Lipinski definition) is 0. The Morgan fingerprint density at radius 3 is 1.61 bits per heavy atom. The van der Waals surface area contributed by atoms with Gasteiger partial charge in [0.25, 0.3) is 0 Å². The van der Waals surface area contributed by atoms with Crippen LogP contribution in [0.3, 0.4) is 0 Å². The number of rotatable bonds is 8. The van der Waals surface area contributed by atoms with Crippen LogP contribution in [0.15, 0.2) is 261 Å². The van der Waals surface area contributed by atoms with E-state index in [9.17, 15) is 0 Å². The fourth-order valence-corrected chi connectivity index (χ4v) is 13.4. The zero-order valence-electron chi connectivity index (χ0n) is 42.0. The van der Waals surface area contributed by atoms with Gasteiger partial charge in [0.15, 0.2) is 0 Å². The molecular weight excluding hydrogens is 889 g/mol. The van der Waals surface area contributed by atoms with Crippen LogP contribution in [0.5, 0.6) is 0 Å². The van der Waals surface area contributed by atoms with Crippen LogP contribution in [0.2, 0.25) is 0 Å². The summed E-state index contributed by atoms with van der Waals surface area (Å²) < 4.78 is 0. The van der Waals surface area contributed by atoms with Crippen molar-refractivity contribution in [2.45, 2.75) is 38.0 Å². The van der Waals surface area contributed by atoms with Gasteiger partial charge in [0.2, 0.25) is 0 Å². The molecule has 0 nitrogen and oxygen atoms in total. The summed E-state index contributed by atoms with van der Waals surface area (Å²) in [6, 6.07) is 98.9. The van der Waals surface area contributed by atoms with Gasteiger partial charge in [0.05, 0.1) is 10.8 Å². The molecule has 0 radical (unpaired) electrons. The molecule has 0 amide bonds. The molecule has 1 unspecified atom stereocenters. The van der Waals surface area contributed by atoms with Gasteiger partial charge in [0, 0.05) is 0 Å². The van der Waals surface area contributed by atoms with E-state index in [2.05, 4.69) is 282 Å². The van der Waals surface area contributed by atoms with E-state index in [4.69, 9.17) is 0 Å². The normalized spacial score (nSPS) is 14.9. The highest BCUT2D eigenvalue weighted by atomic mass is 14.5. The average molecular weight is 943 g/mol. The first-order chi connectivity index (χ1) is 36.4. The highest BCUT2D eigenvalue weighted by Gasteiger charge is 2.48. The molecule has 0 spiro atoms. The molecule has 2 aliphatic rings. The summed E-state index contributed by atoms with van der Waals surface area (Å²) in [5.41, 5.74) is 26.1. The van der Waals surface area contributed by atoms with E-state index in [1.807, 2.05) is 0 Å². The standard InChI is InChI=1S/C74H54/c1-48-33-39-57(40-34-48)74(68-29-14-12-25-63(68)64-43-38-53(47-71(64)74)60-27-16-18-51-36-32-49(2)44-67(51)60)58-41-35-50(3)54(46-58)45-52-37-42-62(61-24-11-10-23-59(52)61)65-28-17-31-70-72(65)66-26-13-15-30-69(66)73(70,55-19-6-4-7-20-55)56-21-8-5-9-22-56/h4-44,46-47H,45H2,1-3H3. The lowest BCUT2D eigenvalue weighted by molar-refractivity contribution is 0.765. The predicted octanol–water partition coefficient (Wildman–Crippen LogP) is 18.6. The Morgan fingerprint density at radius 1 is 0.284 bits per heavy atom. The van der Waals surface area contributed by atoms with E-state index in [1.54, 1.807) is 0 Å². The lowest BCUT2D eigenvalue weighted by Gasteiger charge is -2.35. The summed E-state index contributed by atoms with van der Waals surface area (Å²) in [4.78, 5) is 0. The molecule has 12 aromatic carbocycles. The third-order valence-electron chi connectivity index (χ3n) is 16.8. The van der Waals surface area contributed by atoms with Crippen LogP contribution in [0.25, 0.3) is 66.1 Å². The second kappa shape index (κ2) is 17.2. The number of hydrogen-bond acceptors (Lipinski definition) is 0. The van der Waals surface area contributed by atoms with E-state index in [0.29, 0.717) is 0 Å². The van der Waals surface area contributed by atoms with Crippen molar-refractivity contribution in [3.05, 3.63) is 333 Å². The molecule has 2 aliphatic carbocycles. The van der Waals surface area contributed by atoms with Gasteiger partial charge in [-0.25, -0.2) is 0 Å². The zero-order valence-corrected chi connectivity index (χ0v) is 42.0. The van der Waals surface area contributed by atoms with Gasteiger partial charge >= 0.3 is 0 Å². The van der Waals surface area contributed by atoms with E-state index >= 15 is 0 Å². The molecule has 14 rings (SSSR count). The fraction of sp³-hybridized carbons (Fsp3) is 0.0811. The van der Waals surface area contributed by atoms with Gasteiger partial charge in [-0.15, -0.1) is 0 Å². The van der Waals surface area contributed by atoms with Crippen molar-refractivity contribution in [2.24, 2.45) is 0 Å². The summed E-state index contributed by atoms with van der Waals surface area (Å²) in [7, 11) is 0. The highest BCUT2D eigenvalue weighted by molar-refractivity contribution is 6.05. The van der Waals surface area contributed by atoms with E-state index in [1.165, 1.54) is 138 Å². The molecule has 0 fully saturated rings. The van der Waals surface area contributed by atoms with Crippen molar-refractivity contribution in [3.8, 4) is 44.5 Å². The molecule has 0 aliphatic heterocycles. The lowest BCUT2D eigenvalue weighted by atomic mass is 9.66. The van der Waals surface area contributed by atoms with Crippen LogP contribution in [0, 0.1) is 20.8 Å². The molecule has 0 bridgehead atoms. The second-order valence-electron chi connectivity index (χ2n) is 20.8. The first-order valence-corrected chi connectivity index (χ1v) is 26.2. The van der Waals surface area contributed by atoms with E-state index in [0.717, 1.165) is 6.42 Å². The Kier molecular flexibility index (Phi) is 10.2. The maximum absolute atomic E-state index is 2.55. The monoisotopic (exact) mass is 942 g/mol. The topological polar surface area (TPSA) is 0 Å². The molecule has 0 aromatic heterocycles. The Bertz CT molecular complexity index is 4140. The molecule has 74 heavy (non-hydrogen) atoms. The predicted molar refractivity (Wildman–Crippen MR) is 310 cm³/mol. The molecule has 12 aromatic rings. The van der Waals surface area contributed by atoms with Crippen LogP contribution in [-0.4, -0.2) is 0 Å². The van der Waals surface area contributed by atoms with Crippen LogP contribution >= 0.6 is 0 Å². The summed E-state index contributed by atoms with van der Waals surface area (Å²) in [6.07, 6.45) is 0.801. The summed E-state index contributed by atoms with van der Waals surface area (Å²) in [6.45, 7) is 6.68. The Balaban J connectivity index is 0.936. The van der Waals surface area contributed by atoms with Crippen molar-refractivity contribution in [2.75, 3.05) is 0 Å². The largest absolute Gasteiger partial charge is 0.0713 e. The third kappa shape index (κ3) is 6.47. The molecule has 0 saturated heterocycles. The van der Waals surface area contributed by atoms with Crippen molar-refractivity contribution in [1.29, 1.82) is 0 Å². The molecular formula is C74H54. The Hall–Kier alpha value is -8.84. The maximum Gasteiger partial charge on any atom is 0.0713 e. The molecule has 0 N–H and O–H groups in total. The highest BCUT2D eigenvalue weighted by Crippen LogP contribution is 2.60. The van der Waals surface area contributed by atoms with Gasteiger partial charge in [-0.2, -0.15) is 0 Å². The number of benzene rings is 12. The van der Waals surface area contributed by atoms with Gasteiger partial charge < -0.3 is 0 Å². The van der Waals surface area contributed by atoms with Crippen molar-refractivity contribution >= 4 is 21.5 Å². The van der Waals surface area contributed by atoms with Crippen molar-refractivity contribution in [1.82, 2.24) is 0 Å². The van der Waals surface area contributed by atoms with Gasteiger partial charge in [-0.1, -0.05) is 266 Å². The average Bonchev–Trinajstić information content (AvgIpc) is 4.06. The lowest BCUT2D eigenvalue weighted by Crippen LogP contribution is -2.29. The smallest absolute Gasteiger partial charge is 0.0622 e. The van der Waals surface area contributed by atoms with Crippen LogP contribution < -0.4 is 0 Å². The third-order valence-corrected chi connectivity index (χ3v) is 16.8. The quantitative estimate of drug-likeness (QED) is 0.142. The summed E-state index contributed by atoms with van der Waals surface area (Å²) in [5.74, 6) is 0. The van der Waals surface area contributed by atoms with Crippen LogP contribution in [0.4, 0.5) is 0 Å². The van der Waals surface area contributed by atoms with Crippen LogP contribution in [-0.2, 0) is 17.3 Å². The van der Waals surface area contributed by atoms with Crippen molar-refractivity contribution < 1.29 is 0 Å². The summed E-state index contributed by atoms with van der Waals surface area (Å²) in [5, 5.41) is 5.11. The molecule has 0 heteroatoms. The SMILES string of the molecule is Cc1ccc(C2(c3ccc(C)c(Cc4ccc(-c5cccc6c5-c5ccccc5C6(c5ccccc5)c5ccccc5)c5ccccc45)c3)c3ccccc3-c3ccc(-c4cccc5ccc(C)cc45)cc32)cc1. The Morgan fingerprint density at radius 2 is 0.838 bits per heavy atom. The number of fused-ring (bicyclic) bond motifs is 8. The van der Waals surface area contributed by atoms with Gasteiger partial charge in [0.1, 0.15) is 0 Å². The van der Waals surface area contributed by atoms with Gasteiger partial charge in [-0.3, -0.25) is 0 Å². The second-order valence-corrected chi connectivity index (χ2v) is 20.8. The Labute approximate surface area is 434 Å². The first kappa shape index (κ1) is 43.9. The minimum Gasteiger partial charge on any atom is -0.0622 e. The molecule has 1 atom stereocenters. The van der Waals surface area contributed by atoms with Gasteiger partial charge in [-0.05, 0) is 161 Å². The number of aryl methyl sites for hydroxylation is 3. The van der Waals surface area contributed by atoms with E-state index in [-0.39, 0.29) is 0 Å². The molecule has 350 valence electrons. The molecule has 0 saturated carbocycles. The fourth-order valence-electron chi connectivity index (χ4n) is 13.4. The maximum atomic E-state index is 2.55. The first-order valence-electron chi connectivity index (χ1n) is 26.2. The minimum atomic E-state index is -0.552. The minimum absolute atomic E-state index is 0.463. The van der Waals surface area contributed by atoms with E-state index < -0.39 is 10.8 Å². The van der Waals surface area contributed by atoms with Crippen molar-refractivity contribution in [3.63, 3.8) is 0 Å². The summed E-state index contributed by atoms with van der Waals surface area (Å²) >= 11 is 0. The van der Waals surface area contributed by atoms with Crippen LogP contribution in [0.1, 0.15) is 72.3 Å².